The lowest BCUT2D eigenvalue weighted by Crippen LogP contribution is -2.43. The van der Waals surface area contributed by atoms with Crippen molar-refractivity contribution in [1.29, 1.82) is 0 Å². The summed E-state index contributed by atoms with van der Waals surface area (Å²) in [6.45, 7) is 8.51. The molecule has 4 aliphatic heterocycles. The van der Waals surface area contributed by atoms with Gasteiger partial charge in [-0.05, 0) is 26.2 Å². The Balaban J connectivity index is 1.76. The van der Waals surface area contributed by atoms with Gasteiger partial charge < -0.3 is 23.7 Å². The normalized spacial score (nSPS) is 42.2. The molecule has 4 bridgehead atoms. The molecule has 180 valence electrons. The van der Waals surface area contributed by atoms with Gasteiger partial charge in [-0.2, -0.15) is 0 Å². The molecule has 4 fully saturated rings. The molecule has 0 radical (unpaired) electrons. The average Bonchev–Trinajstić information content (AvgIpc) is 3.33. The molecule has 4 rings (SSSR count). The van der Waals surface area contributed by atoms with E-state index in [0.717, 1.165) is 7.11 Å². The van der Waals surface area contributed by atoms with Crippen molar-refractivity contribution in [3.63, 3.8) is 0 Å². The Labute approximate surface area is 190 Å². The molecule has 0 spiro atoms. The molecule has 0 saturated carbocycles. The number of esters is 3. The largest absolute Gasteiger partial charge is 0.468 e. The fraction of sp³-hybridized carbons (Fsp3) is 0.696. The second-order valence-electron chi connectivity index (χ2n) is 9.66. The summed E-state index contributed by atoms with van der Waals surface area (Å²) in [4.78, 5) is 63.5. The van der Waals surface area contributed by atoms with Crippen molar-refractivity contribution in [3.8, 4) is 0 Å². The van der Waals surface area contributed by atoms with E-state index in [1.807, 2.05) is 0 Å². The zero-order valence-electron chi connectivity index (χ0n) is 19.1. The average molecular weight is 464 g/mol. The van der Waals surface area contributed by atoms with Crippen molar-refractivity contribution in [2.45, 2.75) is 82.1 Å². The molecule has 33 heavy (non-hydrogen) atoms. The van der Waals surface area contributed by atoms with E-state index in [1.165, 1.54) is 6.92 Å². The van der Waals surface area contributed by atoms with Gasteiger partial charge in [0, 0.05) is 26.2 Å². The van der Waals surface area contributed by atoms with Gasteiger partial charge in [0.1, 0.15) is 30.3 Å². The van der Waals surface area contributed by atoms with E-state index in [0.29, 0.717) is 5.57 Å². The molecule has 0 aromatic rings. The lowest BCUT2D eigenvalue weighted by Gasteiger charge is -2.29. The highest BCUT2D eigenvalue weighted by Gasteiger charge is 2.78. The summed E-state index contributed by atoms with van der Waals surface area (Å²) in [7, 11) is 1.14. The maximum atomic E-state index is 13.3. The topological polar surface area (TPSA) is 135 Å². The van der Waals surface area contributed by atoms with E-state index < -0.39 is 76.9 Å². The van der Waals surface area contributed by atoms with Crippen molar-refractivity contribution >= 4 is 29.5 Å². The molecule has 10 heteroatoms. The van der Waals surface area contributed by atoms with E-state index in [4.69, 9.17) is 23.7 Å². The van der Waals surface area contributed by atoms with Gasteiger partial charge in [-0.15, -0.1) is 0 Å². The number of fused-ring (bicyclic) bond motifs is 2. The number of carbonyl (C=O) groups excluding carboxylic acids is 5. The number of ketones is 2. The highest BCUT2D eigenvalue weighted by Crippen LogP contribution is 2.54. The maximum absolute atomic E-state index is 13.3. The van der Waals surface area contributed by atoms with Crippen LogP contribution in [0.4, 0.5) is 0 Å². The van der Waals surface area contributed by atoms with E-state index in [1.54, 1.807) is 13.8 Å². The van der Waals surface area contributed by atoms with Gasteiger partial charge in [-0.1, -0.05) is 12.2 Å². The fourth-order valence-electron chi connectivity index (χ4n) is 5.35. The molecule has 0 amide bonds. The van der Waals surface area contributed by atoms with Crippen LogP contribution < -0.4 is 0 Å². The number of epoxide rings is 1. The Morgan fingerprint density at radius 1 is 1.12 bits per heavy atom. The van der Waals surface area contributed by atoms with Gasteiger partial charge in [-0.25, -0.2) is 4.79 Å². The Kier molecular flexibility index (Phi) is 5.73. The second-order valence-corrected chi connectivity index (χ2v) is 9.66. The molecule has 4 saturated heterocycles. The Morgan fingerprint density at radius 3 is 2.39 bits per heavy atom. The minimum atomic E-state index is -1.47. The molecule has 8 atom stereocenters. The molecular weight excluding hydrogens is 436 g/mol. The maximum Gasteiger partial charge on any atom is 0.345 e. The Hall–Kier alpha value is -2.59. The third kappa shape index (κ3) is 3.89. The molecule has 0 aliphatic carbocycles. The monoisotopic (exact) mass is 464 g/mol. The molecule has 0 unspecified atom stereocenters. The first-order valence-corrected chi connectivity index (χ1v) is 10.9. The number of ether oxygens (including phenoxy) is 5. The first kappa shape index (κ1) is 23.6. The first-order chi connectivity index (χ1) is 15.4. The van der Waals surface area contributed by atoms with Gasteiger partial charge in [-0.3, -0.25) is 19.2 Å². The molecule has 4 heterocycles. The van der Waals surface area contributed by atoms with Gasteiger partial charge in [0.2, 0.25) is 5.60 Å². The van der Waals surface area contributed by atoms with Gasteiger partial charge >= 0.3 is 17.9 Å². The Morgan fingerprint density at radius 2 is 1.82 bits per heavy atom. The molecule has 10 nitrogen and oxygen atoms in total. The lowest BCUT2D eigenvalue weighted by molar-refractivity contribution is -0.169. The third-order valence-corrected chi connectivity index (χ3v) is 7.05. The Bertz CT molecular complexity index is 940. The summed E-state index contributed by atoms with van der Waals surface area (Å²) in [5, 5.41) is 0. The number of methoxy groups -OCH3 is 1. The highest BCUT2D eigenvalue weighted by atomic mass is 16.7. The van der Waals surface area contributed by atoms with Crippen LogP contribution in [0.15, 0.2) is 12.2 Å². The van der Waals surface area contributed by atoms with Crippen molar-refractivity contribution in [3.05, 3.63) is 12.2 Å². The van der Waals surface area contributed by atoms with Crippen LogP contribution in [-0.4, -0.2) is 72.2 Å². The quantitative estimate of drug-likeness (QED) is 0.194. The minimum Gasteiger partial charge on any atom is -0.468 e. The zero-order chi connectivity index (χ0) is 24.3. The van der Waals surface area contributed by atoms with Gasteiger partial charge in [0.05, 0.1) is 12.7 Å². The fourth-order valence-corrected chi connectivity index (χ4v) is 5.35. The van der Waals surface area contributed by atoms with E-state index in [9.17, 15) is 24.0 Å². The number of hydrogen-bond donors (Lipinski definition) is 0. The standard InChI is InChI=1S/C23H28O10/c1-10(2)12-6-13(25)17(20(27)29-5)18-14(26)8-22(4,32-18)9-15-19-23(33-19,21(28)31-15)16(7-12)30-11(3)24/h12,15-19H,1,6-9H2,2-5H3/t12-,15-,16+,17+,18+,19-,22+,23-/m0/s1. The van der Waals surface area contributed by atoms with Crippen molar-refractivity contribution < 1.29 is 47.7 Å². The second kappa shape index (κ2) is 8.02. The molecule has 4 aliphatic rings. The van der Waals surface area contributed by atoms with Crippen molar-refractivity contribution in [2.75, 3.05) is 7.11 Å². The summed E-state index contributed by atoms with van der Waals surface area (Å²) in [6.07, 6.45) is -3.79. The number of allylic oxidation sites excluding steroid dienone is 1. The van der Waals surface area contributed by atoms with E-state index >= 15 is 0 Å². The number of hydrogen-bond acceptors (Lipinski definition) is 10. The van der Waals surface area contributed by atoms with Crippen LogP contribution in [0.5, 0.6) is 0 Å². The first-order valence-electron chi connectivity index (χ1n) is 10.9. The third-order valence-electron chi connectivity index (χ3n) is 7.05. The van der Waals surface area contributed by atoms with Crippen LogP contribution in [0.1, 0.15) is 46.5 Å². The van der Waals surface area contributed by atoms with Crippen molar-refractivity contribution in [1.82, 2.24) is 0 Å². The zero-order valence-corrected chi connectivity index (χ0v) is 19.1. The minimum absolute atomic E-state index is 0.0591. The predicted octanol–water partition coefficient (Wildman–Crippen LogP) is 0.832. The molecule has 0 aromatic heterocycles. The number of Topliss-reactive ketones (excluding diaryl/α,β-unsaturated/α-hetero) is 2. The van der Waals surface area contributed by atoms with Gasteiger partial charge in [0.25, 0.3) is 0 Å². The van der Waals surface area contributed by atoms with Crippen LogP contribution in [0.3, 0.4) is 0 Å². The smallest absolute Gasteiger partial charge is 0.345 e. The predicted molar refractivity (Wildman–Crippen MR) is 109 cm³/mol. The molecule has 0 N–H and O–H groups in total. The summed E-state index contributed by atoms with van der Waals surface area (Å²) in [5.74, 6) is -5.04. The van der Waals surface area contributed by atoms with Crippen LogP contribution >= 0.6 is 0 Å². The van der Waals surface area contributed by atoms with Crippen LogP contribution in [-0.2, 0) is 47.7 Å². The van der Waals surface area contributed by atoms with Crippen LogP contribution in [0.25, 0.3) is 0 Å². The molecular formula is C23H28O10. The number of rotatable bonds is 3. The summed E-state index contributed by atoms with van der Waals surface area (Å²) >= 11 is 0. The molecule has 0 aromatic carbocycles. The summed E-state index contributed by atoms with van der Waals surface area (Å²) in [5.41, 5.74) is -1.97. The number of carbonyl (C=O) groups is 5. The summed E-state index contributed by atoms with van der Waals surface area (Å²) in [6, 6.07) is 0. The van der Waals surface area contributed by atoms with E-state index in [2.05, 4.69) is 6.58 Å². The van der Waals surface area contributed by atoms with Crippen LogP contribution in [0, 0.1) is 11.8 Å². The summed E-state index contributed by atoms with van der Waals surface area (Å²) < 4.78 is 27.7. The van der Waals surface area contributed by atoms with Crippen LogP contribution in [0.2, 0.25) is 0 Å². The SMILES string of the molecule is C=C(C)[C@H]1CC(=O)[C@@H](C(=O)OC)[C@@H]2O[C@](C)(CC2=O)C[C@@H]2OC(=O)[C@]3(O[C@@H]23)[C@H](OC(C)=O)C1. The lowest BCUT2D eigenvalue weighted by atomic mass is 9.80. The van der Waals surface area contributed by atoms with E-state index in [-0.39, 0.29) is 25.7 Å². The highest BCUT2D eigenvalue weighted by molar-refractivity contribution is 6.05. The van der Waals surface area contributed by atoms with Gasteiger partial charge in [0.15, 0.2) is 11.6 Å². The van der Waals surface area contributed by atoms with Crippen molar-refractivity contribution in [2.24, 2.45) is 11.8 Å².